The van der Waals surface area contributed by atoms with E-state index in [1.165, 1.54) is 0 Å². The lowest BCUT2D eigenvalue weighted by Crippen LogP contribution is -2.56. The van der Waals surface area contributed by atoms with Gasteiger partial charge in [0.05, 0.1) is 0 Å². The van der Waals surface area contributed by atoms with Gasteiger partial charge in [-0.25, -0.2) is 4.79 Å². The summed E-state index contributed by atoms with van der Waals surface area (Å²) in [5.74, 6) is -1.27. The van der Waals surface area contributed by atoms with E-state index in [-0.39, 0.29) is 12.0 Å². The zero-order valence-corrected chi connectivity index (χ0v) is 11.1. The molecule has 0 aromatic carbocycles. The van der Waals surface area contributed by atoms with E-state index < -0.39 is 23.7 Å². The Morgan fingerprint density at radius 2 is 1.84 bits per heavy atom. The Labute approximate surface area is 109 Å². The lowest BCUT2D eigenvalue weighted by molar-refractivity contribution is -0.191. The molecule has 0 bridgehead atoms. The molecule has 1 heterocycles. The molecule has 0 spiro atoms. The number of amides is 3. The summed E-state index contributed by atoms with van der Waals surface area (Å²) in [6, 6.07) is -1.02. The van der Waals surface area contributed by atoms with Gasteiger partial charge < -0.3 is 11.1 Å². The smallest absolute Gasteiger partial charge is 0.330 e. The van der Waals surface area contributed by atoms with Crippen LogP contribution in [0.3, 0.4) is 0 Å². The number of nitrogens with two attached hydrogens (primary N) is 1. The van der Waals surface area contributed by atoms with Gasteiger partial charge in [0.15, 0.2) is 0 Å². The topological polar surface area (TPSA) is 75.4 Å². The third-order valence-electron chi connectivity index (χ3n) is 3.41. The third-order valence-corrected chi connectivity index (χ3v) is 3.41. The second-order valence-corrected chi connectivity index (χ2v) is 5.63. The summed E-state index contributed by atoms with van der Waals surface area (Å²) in [5, 5.41) is 1.71. The molecule has 5 nitrogen and oxygen atoms in total. The van der Waals surface area contributed by atoms with Crippen LogP contribution in [0.2, 0.25) is 0 Å². The maximum absolute atomic E-state index is 12.8. The highest BCUT2D eigenvalue weighted by molar-refractivity contribution is 6.07. The molecule has 8 heteroatoms. The van der Waals surface area contributed by atoms with Crippen molar-refractivity contribution >= 4 is 11.9 Å². The second kappa shape index (κ2) is 4.66. The first-order valence-corrected chi connectivity index (χ1v) is 5.85. The Morgan fingerprint density at radius 1 is 1.32 bits per heavy atom. The summed E-state index contributed by atoms with van der Waals surface area (Å²) in [6.45, 7) is 4.53. The van der Waals surface area contributed by atoms with Crippen molar-refractivity contribution in [2.75, 3.05) is 13.1 Å². The van der Waals surface area contributed by atoms with Crippen molar-refractivity contribution in [1.82, 2.24) is 10.2 Å². The molecule has 0 aromatic heterocycles. The number of halogens is 3. The molecule has 1 saturated heterocycles. The predicted octanol–water partition coefficient (Wildman–Crippen LogP) is 1.23. The minimum absolute atomic E-state index is 0.0828. The fraction of sp³-hybridized carbons (Fsp3) is 0.818. The molecule has 3 N–H and O–H groups in total. The summed E-state index contributed by atoms with van der Waals surface area (Å²) in [7, 11) is 0. The van der Waals surface area contributed by atoms with Gasteiger partial charge in [-0.2, -0.15) is 13.2 Å². The predicted molar refractivity (Wildman–Crippen MR) is 62.2 cm³/mol. The van der Waals surface area contributed by atoms with Crippen molar-refractivity contribution in [3.63, 3.8) is 0 Å². The van der Waals surface area contributed by atoms with Crippen LogP contribution < -0.4 is 11.1 Å². The van der Waals surface area contributed by atoms with Crippen molar-refractivity contribution in [3.05, 3.63) is 0 Å². The minimum atomic E-state index is -4.82. The van der Waals surface area contributed by atoms with E-state index in [2.05, 4.69) is 0 Å². The number of carbonyl (C=O) groups excluding carboxylic acids is 2. The van der Waals surface area contributed by atoms with Crippen molar-refractivity contribution in [2.45, 2.75) is 38.9 Å². The summed E-state index contributed by atoms with van der Waals surface area (Å²) in [4.78, 5) is 23.9. The molecule has 3 amide bonds. The first-order chi connectivity index (χ1) is 8.44. The fourth-order valence-corrected chi connectivity index (χ4v) is 1.61. The summed E-state index contributed by atoms with van der Waals surface area (Å²) < 4.78 is 38.4. The van der Waals surface area contributed by atoms with Crippen LogP contribution in [0.15, 0.2) is 0 Å². The molecular weight excluding hydrogens is 263 g/mol. The molecule has 0 radical (unpaired) electrons. The number of carbonyl (C=O) groups is 2. The number of urea groups is 1. The molecule has 110 valence electrons. The van der Waals surface area contributed by atoms with Gasteiger partial charge in [-0.15, -0.1) is 0 Å². The molecule has 0 aliphatic carbocycles. The molecule has 19 heavy (non-hydrogen) atoms. The molecule has 0 aromatic rings. The number of imide groups is 1. The highest BCUT2D eigenvalue weighted by Crippen LogP contribution is 2.35. The molecule has 1 aliphatic heterocycles. The average Bonchev–Trinajstić information content (AvgIpc) is 2.48. The number of alkyl halides is 3. The SMILES string of the molecule is CC(C)(CN)CCN1C(=O)NC(C)(C(F)(F)F)C1=O. The van der Waals surface area contributed by atoms with Gasteiger partial charge in [0, 0.05) is 6.54 Å². The highest BCUT2D eigenvalue weighted by atomic mass is 19.4. The Balaban J connectivity index is 2.84. The van der Waals surface area contributed by atoms with Crippen molar-refractivity contribution in [3.8, 4) is 0 Å². The Kier molecular flexibility index (Phi) is 3.86. The molecule has 1 fully saturated rings. The van der Waals surface area contributed by atoms with Gasteiger partial charge in [-0.3, -0.25) is 9.69 Å². The van der Waals surface area contributed by atoms with E-state index in [9.17, 15) is 22.8 Å². The first kappa shape index (κ1) is 15.7. The van der Waals surface area contributed by atoms with Crippen LogP contribution in [0.5, 0.6) is 0 Å². The van der Waals surface area contributed by atoms with E-state index >= 15 is 0 Å². The average molecular weight is 281 g/mol. The summed E-state index contributed by atoms with van der Waals surface area (Å²) in [6.07, 6.45) is -4.48. The van der Waals surface area contributed by atoms with Gasteiger partial charge >= 0.3 is 12.2 Å². The molecular formula is C11H18F3N3O2. The van der Waals surface area contributed by atoms with Crippen LogP contribution in [-0.4, -0.2) is 41.6 Å². The van der Waals surface area contributed by atoms with E-state index in [0.717, 1.165) is 0 Å². The Hall–Kier alpha value is -1.31. The number of hydrogen-bond donors (Lipinski definition) is 2. The zero-order valence-electron chi connectivity index (χ0n) is 11.1. The van der Waals surface area contributed by atoms with Gasteiger partial charge in [0.1, 0.15) is 0 Å². The van der Waals surface area contributed by atoms with Crippen LogP contribution in [0.1, 0.15) is 27.2 Å². The molecule has 1 rings (SSSR count). The molecule has 1 aliphatic rings. The minimum Gasteiger partial charge on any atom is -0.330 e. The van der Waals surface area contributed by atoms with Crippen molar-refractivity contribution < 1.29 is 22.8 Å². The normalized spacial score (nSPS) is 24.9. The zero-order chi connectivity index (χ0) is 15.1. The van der Waals surface area contributed by atoms with Crippen LogP contribution in [0.25, 0.3) is 0 Å². The van der Waals surface area contributed by atoms with Crippen molar-refractivity contribution in [1.29, 1.82) is 0 Å². The fourth-order valence-electron chi connectivity index (χ4n) is 1.61. The van der Waals surface area contributed by atoms with Crippen LogP contribution in [0.4, 0.5) is 18.0 Å². The Bertz CT molecular complexity index is 395. The third kappa shape index (κ3) is 2.83. The van der Waals surface area contributed by atoms with Crippen LogP contribution in [-0.2, 0) is 4.79 Å². The number of nitrogens with one attached hydrogen (secondary N) is 1. The van der Waals surface area contributed by atoms with Gasteiger partial charge in [0.2, 0.25) is 5.54 Å². The maximum Gasteiger partial charge on any atom is 0.420 e. The van der Waals surface area contributed by atoms with E-state index in [0.29, 0.717) is 24.8 Å². The lowest BCUT2D eigenvalue weighted by atomic mass is 9.89. The van der Waals surface area contributed by atoms with Gasteiger partial charge in [-0.1, -0.05) is 13.8 Å². The van der Waals surface area contributed by atoms with Crippen LogP contribution in [0, 0.1) is 5.41 Å². The number of hydrogen-bond acceptors (Lipinski definition) is 3. The van der Waals surface area contributed by atoms with Crippen LogP contribution >= 0.6 is 0 Å². The molecule has 1 unspecified atom stereocenters. The number of rotatable bonds is 4. The highest BCUT2D eigenvalue weighted by Gasteiger charge is 2.64. The van der Waals surface area contributed by atoms with E-state index in [1.54, 1.807) is 5.32 Å². The van der Waals surface area contributed by atoms with Gasteiger partial charge in [-0.05, 0) is 25.3 Å². The molecule has 1 atom stereocenters. The van der Waals surface area contributed by atoms with E-state index in [4.69, 9.17) is 5.73 Å². The van der Waals surface area contributed by atoms with Crippen molar-refractivity contribution in [2.24, 2.45) is 11.1 Å². The number of nitrogens with zero attached hydrogens (tertiary/aromatic N) is 1. The standard InChI is InChI=1S/C11H18F3N3O2/c1-9(2,6-15)4-5-17-7(18)10(3,11(12,13)14)16-8(17)19/h4-6,15H2,1-3H3,(H,16,19). The van der Waals surface area contributed by atoms with E-state index in [1.807, 2.05) is 13.8 Å². The second-order valence-electron chi connectivity index (χ2n) is 5.63. The monoisotopic (exact) mass is 281 g/mol. The molecule has 0 saturated carbocycles. The quantitative estimate of drug-likeness (QED) is 0.761. The lowest BCUT2D eigenvalue weighted by Gasteiger charge is -2.26. The largest absolute Gasteiger partial charge is 0.420 e. The van der Waals surface area contributed by atoms with Gasteiger partial charge in [0.25, 0.3) is 5.91 Å². The Morgan fingerprint density at radius 3 is 2.21 bits per heavy atom. The first-order valence-electron chi connectivity index (χ1n) is 5.85. The maximum atomic E-state index is 12.8. The summed E-state index contributed by atoms with van der Waals surface area (Å²) in [5.41, 5.74) is 2.31. The summed E-state index contributed by atoms with van der Waals surface area (Å²) >= 11 is 0.